The van der Waals surface area contributed by atoms with Crippen LogP contribution < -0.4 is 14.8 Å². The molecule has 0 atom stereocenters. The number of hydrogen-bond acceptors (Lipinski definition) is 6. The van der Waals surface area contributed by atoms with Crippen LogP contribution in [0.3, 0.4) is 0 Å². The van der Waals surface area contributed by atoms with Crippen LogP contribution >= 0.6 is 11.6 Å². The predicted octanol–water partition coefficient (Wildman–Crippen LogP) is 3.46. The maximum atomic E-state index is 5.99. The first-order chi connectivity index (χ1) is 10.1. The zero-order valence-electron chi connectivity index (χ0n) is 12.2. The van der Waals surface area contributed by atoms with Crippen LogP contribution in [0.1, 0.15) is 18.9 Å². The molecule has 0 aliphatic heterocycles. The first kappa shape index (κ1) is 15.3. The summed E-state index contributed by atoms with van der Waals surface area (Å²) in [5.74, 6) is 0.989. The van der Waals surface area contributed by atoms with E-state index in [1.807, 2.05) is 19.9 Å². The van der Waals surface area contributed by atoms with Crippen LogP contribution in [-0.2, 0) is 0 Å². The Labute approximate surface area is 128 Å². The molecular formula is C14H17ClN4O2. The van der Waals surface area contributed by atoms with E-state index in [2.05, 4.69) is 20.3 Å². The number of hydrogen-bond donors (Lipinski definition) is 1. The van der Waals surface area contributed by atoms with Gasteiger partial charge in [0.05, 0.1) is 6.61 Å². The van der Waals surface area contributed by atoms with Gasteiger partial charge < -0.3 is 14.8 Å². The molecule has 1 heterocycles. The highest BCUT2D eigenvalue weighted by atomic mass is 35.5. The summed E-state index contributed by atoms with van der Waals surface area (Å²) in [6.45, 7) is 4.44. The fraction of sp³-hybridized carbons (Fsp3) is 0.357. The third kappa shape index (κ3) is 4.19. The van der Waals surface area contributed by atoms with Gasteiger partial charge in [-0.25, -0.2) is 0 Å². The van der Waals surface area contributed by atoms with Gasteiger partial charge in [0.2, 0.25) is 5.95 Å². The quantitative estimate of drug-likeness (QED) is 0.881. The normalized spacial score (nSPS) is 10.3. The van der Waals surface area contributed by atoms with E-state index in [0.29, 0.717) is 23.3 Å². The van der Waals surface area contributed by atoms with Crippen LogP contribution in [0.15, 0.2) is 18.2 Å². The molecule has 0 unspecified atom stereocenters. The van der Waals surface area contributed by atoms with E-state index in [4.69, 9.17) is 21.1 Å². The minimum atomic E-state index is 0.169. The van der Waals surface area contributed by atoms with Crippen molar-refractivity contribution in [2.45, 2.75) is 20.3 Å². The van der Waals surface area contributed by atoms with Crippen molar-refractivity contribution in [3.8, 4) is 17.8 Å². The summed E-state index contributed by atoms with van der Waals surface area (Å²) in [4.78, 5) is 12.4. The largest absolute Gasteiger partial charge is 0.463 e. The highest BCUT2D eigenvalue weighted by Crippen LogP contribution is 2.25. The first-order valence-corrected chi connectivity index (χ1v) is 7.00. The Kier molecular flexibility index (Phi) is 5.16. The van der Waals surface area contributed by atoms with Crippen LogP contribution in [0.4, 0.5) is 5.95 Å². The van der Waals surface area contributed by atoms with Crippen molar-refractivity contribution in [3.63, 3.8) is 0 Å². The lowest BCUT2D eigenvalue weighted by molar-refractivity contribution is 0.285. The van der Waals surface area contributed by atoms with Crippen molar-refractivity contribution in [1.82, 2.24) is 15.0 Å². The minimum Gasteiger partial charge on any atom is -0.463 e. The van der Waals surface area contributed by atoms with Crippen molar-refractivity contribution in [2.24, 2.45) is 0 Å². The molecule has 2 aromatic rings. The van der Waals surface area contributed by atoms with E-state index >= 15 is 0 Å². The van der Waals surface area contributed by atoms with Crippen molar-refractivity contribution in [3.05, 3.63) is 28.8 Å². The molecular weight excluding hydrogens is 292 g/mol. The smallest absolute Gasteiger partial charge is 0.330 e. The monoisotopic (exact) mass is 308 g/mol. The summed E-state index contributed by atoms with van der Waals surface area (Å²) in [6, 6.07) is 5.74. The molecule has 1 aromatic heterocycles. The number of ether oxygens (including phenoxy) is 2. The molecule has 112 valence electrons. The molecule has 1 N–H and O–H groups in total. The molecule has 7 heteroatoms. The molecule has 0 aliphatic carbocycles. The van der Waals surface area contributed by atoms with Gasteiger partial charge in [0, 0.05) is 12.1 Å². The number of aryl methyl sites for hydroxylation is 1. The van der Waals surface area contributed by atoms with Gasteiger partial charge in [0.15, 0.2) is 0 Å². The molecule has 0 saturated carbocycles. The van der Waals surface area contributed by atoms with E-state index in [9.17, 15) is 0 Å². The lowest BCUT2D eigenvalue weighted by Gasteiger charge is -2.09. The second kappa shape index (κ2) is 7.08. The predicted molar refractivity (Wildman–Crippen MR) is 81.4 cm³/mol. The number of nitrogens with one attached hydrogen (secondary N) is 1. The molecule has 1 aromatic carbocycles. The zero-order valence-corrected chi connectivity index (χ0v) is 12.9. The molecule has 0 saturated heterocycles. The molecule has 0 bridgehead atoms. The van der Waals surface area contributed by atoms with E-state index < -0.39 is 0 Å². The highest BCUT2D eigenvalue weighted by Gasteiger charge is 2.09. The Morgan fingerprint density at radius 2 is 1.95 bits per heavy atom. The first-order valence-electron chi connectivity index (χ1n) is 6.63. The summed E-state index contributed by atoms with van der Waals surface area (Å²) in [5.41, 5.74) is 0.916. The molecule has 6 nitrogen and oxygen atoms in total. The molecule has 0 amide bonds. The van der Waals surface area contributed by atoms with Crippen LogP contribution in [0.25, 0.3) is 0 Å². The molecule has 21 heavy (non-hydrogen) atoms. The van der Waals surface area contributed by atoms with Crippen LogP contribution in [-0.4, -0.2) is 28.6 Å². The van der Waals surface area contributed by atoms with Crippen molar-refractivity contribution in [1.29, 1.82) is 0 Å². The van der Waals surface area contributed by atoms with Gasteiger partial charge in [-0.1, -0.05) is 18.5 Å². The number of anilines is 1. The fourth-order valence-corrected chi connectivity index (χ4v) is 1.66. The second-order valence-electron chi connectivity index (χ2n) is 4.34. The van der Waals surface area contributed by atoms with E-state index in [0.717, 1.165) is 12.0 Å². The third-order valence-electron chi connectivity index (χ3n) is 2.59. The minimum absolute atomic E-state index is 0.169. The number of halogens is 1. The lowest BCUT2D eigenvalue weighted by atomic mass is 10.2. The molecule has 0 aliphatic rings. The SMILES string of the molecule is CCCOc1nc(NC)nc(Oc2ccc(Cl)c(C)c2)n1. The van der Waals surface area contributed by atoms with Gasteiger partial charge in [-0.05, 0) is 37.1 Å². The summed E-state index contributed by atoms with van der Waals surface area (Å²) in [7, 11) is 1.72. The maximum absolute atomic E-state index is 5.99. The van der Waals surface area contributed by atoms with E-state index in [-0.39, 0.29) is 12.0 Å². The van der Waals surface area contributed by atoms with Crippen molar-refractivity contribution >= 4 is 17.5 Å². The van der Waals surface area contributed by atoms with Gasteiger partial charge in [-0.3, -0.25) is 0 Å². The Bertz CT molecular complexity index is 622. The van der Waals surface area contributed by atoms with Gasteiger partial charge in [-0.2, -0.15) is 9.97 Å². The Hall–Kier alpha value is -2.08. The Morgan fingerprint density at radius 3 is 2.62 bits per heavy atom. The van der Waals surface area contributed by atoms with Crippen molar-refractivity contribution in [2.75, 3.05) is 19.0 Å². The van der Waals surface area contributed by atoms with Gasteiger partial charge >= 0.3 is 12.0 Å². The molecule has 2 rings (SSSR count). The van der Waals surface area contributed by atoms with Crippen LogP contribution in [0.5, 0.6) is 17.8 Å². The number of nitrogens with zero attached hydrogens (tertiary/aromatic N) is 3. The number of aromatic nitrogens is 3. The van der Waals surface area contributed by atoms with Gasteiger partial charge in [0.1, 0.15) is 5.75 Å². The average molecular weight is 309 g/mol. The van der Waals surface area contributed by atoms with Gasteiger partial charge in [0.25, 0.3) is 0 Å². The maximum Gasteiger partial charge on any atom is 0.330 e. The Morgan fingerprint density at radius 1 is 1.19 bits per heavy atom. The fourth-order valence-electron chi connectivity index (χ4n) is 1.54. The number of benzene rings is 1. The molecule has 0 radical (unpaired) electrons. The standard InChI is InChI=1S/C14H17ClN4O2/c1-4-7-20-13-17-12(16-3)18-14(19-13)21-10-5-6-11(15)9(2)8-10/h5-6,8H,4,7H2,1-3H3,(H,16,17,18,19). The average Bonchev–Trinajstić information content (AvgIpc) is 2.48. The summed E-state index contributed by atoms with van der Waals surface area (Å²) in [6.07, 6.45) is 0.868. The summed E-state index contributed by atoms with van der Waals surface area (Å²) < 4.78 is 11.1. The zero-order chi connectivity index (χ0) is 15.2. The third-order valence-corrected chi connectivity index (χ3v) is 3.02. The van der Waals surface area contributed by atoms with Crippen molar-refractivity contribution < 1.29 is 9.47 Å². The molecule has 0 spiro atoms. The van der Waals surface area contributed by atoms with Crippen LogP contribution in [0, 0.1) is 6.92 Å². The summed E-state index contributed by atoms with van der Waals surface area (Å²) in [5, 5.41) is 3.53. The lowest BCUT2D eigenvalue weighted by Crippen LogP contribution is -2.06. The summed E-state index contributed by atoms with van der Waals surface area (Å²) >= 11 is 5.99. The van der Waals surface area contributed by atoms with E-state index in [1.165, 1.54) is 0 Å². The number of rotatable bonds is 6. The Balaban J connectivity index is 2.23. The second-order valence-corrected chi connectivity index (χ2v) is 4.74. The van der Waals surface area contributed by atoms with Gasteiger partial charge in [-0.15, -0.1) is 4.98 Å². The topological polar surface area (TPSA) is 69.2 Å². The highest BCUT2D eigenvalue weighted by molar-refractivity contribution is 6.31. The molecule has 0 fully saturated rings. The van der Waals surface area contributed by atoms with Crippen LogP contribution in [0.2, 0.25) is 5.02 Å². The van der Waals surface area contributed by atoms with E-state index in [1.54, 1.807) is 19.2 Å².